The van der Waals surface area contributed by atoms with Crippen molar-refractivity contribution in [3.05, 3.63) is 33.4 Å². The lowest BCUT2D eigenvalue weighted by Gasteiger charge is -2.21. The first-order chi connectivity index (χ1) is 7.76. The lowest BCUT2D eigenvalue weighted by atomic mass is 10.2. The Morgan fingerprint density at radius 3 is 2.44 bits per heavy atom. The average molecular weight is 332 g/mol. The van der Waals surface area contributed by atoms with Crippen molar-refractivity contribution < 1.29 is 0 Å². The zero-order chi connectivity index (χ0) is 11.8. The van der Waals surface area contributed by atoms with Gasteiger partial charge in [-0.15, -0.1) is 0 Å². The van der Waals surface area contributed by atoms with Crippen molar-refractivity contribution >= 4 is 22.6 Å². The number of unbranched alkanes of at least 4 members (excludes halogenated alkanes) is 1. The van der Waals surface area contributed by atoms with Crippen LogP contribution in [0.5, 0.6) is 0 Å². The number of rotatable bonds is 7. The molecule has 0 aliphatic heterocycles. The van der Waals surface area contributed by atoms with Crippen LogP contribution in [0.1, 0.15) is 25.3 Å². The van der Waals surface area contributed by atoms with E-state index in [1.54, 1.807) is 0 Å². The van der Waals surface area contributed by atoms with Crippen molar-refractivity contribution in [2.75, 3.05) is 19.6 Å². The lowest BCUT2D eigenvalue weighted by Crippen LogP contribution is -2.30. The minimum Gasteiger partial charge on any atom is -0.329 e. The van der Waals surface area contributed by atoms with Gasteiger partial charge in [-0.25, -0.2) is 0 Å². The summed E-state index contributed by atoms with van der Waals surface area (Å²) < 4.78 is 1.29. The van der Waals surface area contributed by atoms with Crippen LogP contribution < -0.4 is 5.73 Å². The fraction of sp³-hybridized carbons (Fsp3) is 0.538. The Bertz CT molecular complexity index is 284. The number of benzene rings is 1. The second-order valence-electron chi connectivity index (χ2n) is 4.04. The molecule has 16 heavy (non-hydrogen) atoms. The van der Waals surface area contributed by atoms with Gasteiger partial charge in [0.2, 0.25) is 0 Å². The fourth-order valence-corrected chi connectivity index (χ4v) is 2.04. The molecular weight excluding hydrogens is 311 g/mol. The highest BCUT2D eigenvalue weighted by Crippen LogP contribution is 2.09. The zero-order valence-corrected chi connectivity index (χ0v) is 12.1. The maximum atomic E-state index is 5.64. The van der Waals surface area contributed by atoms with Crippen LogP contribution in [0, 0.1) is 3.57 Å². The molecule has 2 nitrogen and oxygen atoms in total. The van der Waals surface area contributed by atoms with E-state index in [0.29, 0.717) is 0 Å². The predicted octanol–water partition coefficient (Wildman–Crippen LogP) is 2.85. The van der Waals surface area contributed by atoms with Crippen molar-refractivity contribution in [3.8, 4) is 0 Å². The molecule has 0 heterocycles. The van der Waals surface area contributed by atoms with E-state index in [1.807, 2.05) is 0 Å². The number of nitrogens with two attached hydrogens (primary N) is 1. The Balaban J connectivity index is 2.49. The maximum absolute atomic E-state index is 5.64. The van der Waals surface area contributed by atoms with E-state index in [9.17, 15) is 0 Å². The van der Waals surface area contributed by atoms with E-state index in [2.05, 4.69) is 58.7 Å². The molecule has 0 unspecified atom stereocenters. The minimum absolute atomic E-state index is 0.744. The summed E-state index contributed by atoms with van der Waals surface area (Å²) in [5.41, 5.74) is 7.02. The smallest absolute Gasteiger partial charge is 0.0234 e. The van der Waals surface area contributed by atoms with Crippen LogP contribution in [0.2, 0.25) is 0 Å². The highest BCUT2D eigenvalue weighted by molar-refractivity contribution is 14.1. The molecular formula is C13H21IN2. The van der Waals surface area contributed by atoms with Gasteiger partial charge < -0.3 is 5.73 Å². The first-order valence-corrected chi connectivity index (χ1v) is 7.01. The second-order valence-corrected chi connectivity index (χ2v) is 5.29. The molecule has 1 aromatic rings. The summed E-state index contributed by atoms with van der Waals surface area (Å²) in [6.07, 6.45) is 2.50. The summed E-state index contributed by atoms with van der Waals surface area (Å²) in [7, 11) is 0. The van der Waals surface area contributed by atoms with Crippen LogP contribution >= 0.6 is 22.6 Å². The predicted molar refractivity (Wildman–Crippen MR) is 78.4 cm³/mol. The topological polar surface area (TPSA) is 29.3 Å². The van der Waals surface area contributed by atoms with E-state index in [-0.39, 0.29) is 0 Å². The summed E-state index contributed by atoms with van der Waals surface area (Å²) in [5.74, 6) is 0. The van der Waals surface area contributed by atoms with Gasteiger partial charge in [-0.2, -0.15) is 0 Å². The monoisotopic (exact) mass is 332 g/mol. The van der Waals surface area contributed by atoms with Gasteiger partial charge in [0.05, 0.1) is 0 Å². The quantitative estimate of drug-likeness (QED) is 0.778. The standard InChI is InChI=1S/C13H21IN2/c1-2-3-9-16(10-8-15)11-12-4-6-13(14)7-5-12/h4-7H,2-3,8-11,15H2,1H3. The molecule has 0 aromatic heterocycles. The van der Waals surface area contributed by atoms with Crippen LogP contribution in [-0.4, -0.2) is 24.5 Å². The van der Waals surface area contributed by atoms with Gasteiger partial charge in [0.25, 0.3) is 0 Å². The Labute approximate surface area is 112 Å². The molecule has 0 saturated carbocycles. The molecule has 0 bridgehead atoms. The highest BCUT2D eigenvalue weighted by Gasteiger charge is 2.04. The SMILES string of the molecule is CCCCN(CCN)Cc1ccc(I)cc1. The molecule has 0 spiro atoms. The molecule has 0 atom stereocenters. The third kappa shape index (κ3) is 5.27. The second kappa shape index (κ2) is 8.03. The molecule has 1 aromatic carbocycles. The number of hydrogen-bond acceptors (Lipinski definition) is 2. The van der Waals surface area contributed by atoms with E-state index in [1.165, 1.54) is 22.0 Å². The Morgan fingerprint density at radius 1 is 1.19 bits per heavy atom. The summed E-state index contributed by atoms with van der Waals surface area (Å²) in [4.78, 5) is 2.44. The van der Waals surface area contributed by atoms with E-state index >= 15 is 0 Å². The van der Waals surface area contributed by atoms with E-state index in [0.717, 1.165) is 26.2 Å². The largest absolute Gasteiger partial charge is 0.329 e. The van der Waals surface area contributed by atoms with E-state index in [4.69, 9.17) is 5.73 Å². The molecule has 90 valence electrons. The summed E-state index contributed by atoms with van der Waals surface area (Å²) in [5, 5.41) is 0. The molecule has 0 fully saturated rings. The zero-order valence-electron chi connectivity index (χ0n) is 9.95. The maximum Gasteiger partial charge on any atom is 0.0234 e. The molecule has 0 saturated heterocycles. The van der Waals surface area contributed by atoms with Gasteiger partial charge in [-0.3, -0.25) is 4.90 Å². The molecule has 3 heteroatoms. The first-order valence-electron chi connectivity index (χ1n) is 5.93. The summed E-state index contributed by atoms with van der Waals surface area (Å²) in [6.45, 7) is 6.14. The molecule has 1 rings (SSSR count). The first kappa shape index (κ1) is 13.9. The molecule has 2 N–H and O–H groups in total. The third-order valence-electron chi connectivity index (χ3n) is 2.59. The van der Waals surface area contributed by atoms with Crippen molar-refractivity contribution in [2.45, 2.75) is 26.3 Å². The van der Waals surface area contributed by atoms with Gasteiger partial charge in [0.15, 0.2) is 0 Å². The van der Waals surface area contributed by atoms with Gasteiger partial charge in [-0.1, -0.05) is 25.5 Å². The third-order valence-corrected chi connectivity index (χ3v) is 3.31. The molecule has 0 aliphatic carbocycles. The molecule has 0 radical (unpaired) electrons. The van der Waals surface area contributed by atoms with Crippen LogP contribution in [0.15, 0.2) is 24.3 Å². The van der Waals surface area contributed by atoms with E-state index < -0.39 is 0 Å². The molecule has 0 amide bonds. The van der Waals surface area contributed by atoms with Crippen molar-refractivity contribution in [1.29, 1.82) is 0 Å². The fourth-order valence-electron chi connectivity index (χ4n) is 1.68. The van der Waals surface area contributed by atoms with Gasteiger partial charge >= 0.3 is 0 Å². The Morgan fingerprint density at radius 2 is 1.88 bits per heavy atom. The Kier molecular flexibility index (Phi) is 7.00. The van der Waals surface area contributed by atoms with Crippen molar-refractivity contribution in [1.82, 2.24) is 4.90 Å². The number of halogens is 1. The van der Waals surface area contributed by atoms with Crippen LogP contribution in [0.3, 0.4) is 0 Å². The number of hydrogen-bond donors (Lipinski definition) is 1. The minimum atomic E-state index is 0.744. The summed E-state index contributed by atoms with van der Waals surface area (Å²) in [6, 6.07) is 8.74. The van der Waals surface area contributed by atoms with Crippen LogP contribution in [0.4, 0.5) is 0 Å². The number of nitrogens with zero attached hydrogens (tertiary/aromatic N) is 1. The Hall–Kier alpha value is -0.130. The molecule has 0 aliphatic rings. The van der Waals surface area contributed by atoms with Gasteiger partial charge in [0.1, 0.15) is 0 Å². The normalized spacial score (nSPS) is 11.0. The van der Waals surface area contributed by atoms with Crippen LogP contribution in [-0.2, 0) is 6.54 Å². The van der Waals surface area contributed by atoms with Crippen molar-refractivity contribution in [2.24, 2.45) is 5.73 Å². The highest BCUT2D eigenvalue weighted by atomic mass is 127. The van der Waals surface area contributed by atoms with Crippen molar-refractivity contribution in [3.63, 3.8) is 0 Å². The van der Waals surface area contributed by atoms with Gasteiger partial charge in [-0.05, 0) is 53.3 Å². The summed E-state index contributed by atoms with van der Waals surface area (Å²) >= 11 is 2.34. The average Bonchev–Trinajstić information content (AvgIpc) is 2.29. The van der Waals surface area contributed by atoms with Crippen LogP contribution in [0.25, 0.3) is 0 Å². The lowest BCUT2D eigenvalue weighted by molar-refractivity contribution is 0.268. The van der Waals surface area contributed by atoms with Gasteiger partial charge in [0, 0.05) is 23.2 Å².